The molecule has 0 fully saturated rings. The minimum Gasteiger partial charge on any atom is -0.303 e. The highest BCUT2D eigenvalue weighted by Gasteiger charge is 2.41. The Bertz CT molecular complexity index is 404. The van der Waals surface area contributed by atoms with E-state index in [2.05, 4.69) is 37.2 Å². The fraction of sp³-hybridized carbons (Fsp3) is 0.455. The molecule has 96 valence electrons. The van der Waals surface area contributed by atoms with Crippen molar-refractivity contribution in [2.75, 3.05) is 6.54 Å². The second-order valence-corrected chi connectivity index (χ2v) is 5.36. The van der Waals surface area contributed by atoms with E-state index >= 15 is 0 Å². The lowest BCUT2D eigenvalue weighted by Crippen LogP contribution is -2.34. The highest BCUT2D eigenvalue weighted by molar-refractivity contribution is 9.11. The topological polar surface area (TPSA) is 12.0 Å². The van der Waals surface area contributed by atoms with Gasteiger partial charge in [0.1, 0.15) is 6.04 Å². The molecule has 0 aliphatic rings. The molecule has 0 saturated heterocycles. The second-order valence-electron chi connectivity index (χ2n) is 3.66. The molecular formula is C11H12Br2F3N. The van der Waals surface area contributed by atoms with Crippen molar-refractivity contribution in [1.82, 2.24) is 5.32 Å². The molecule has 6 heteroatoms. The van der Waals surface area contributed by atoms with E-state index in [9.17, 15) is 13.2 Å². The molecule has 1 unspecified atom stereocenters. The summed E-state index contributed by atoms with van der Waals surface area (Å²) in [5.41, 5.74) is 1.08. The molecule has 0 saturated carbocycles. The molecule has 0 spiro atoms. The Labute approximate surface area is 115 Å². The van der Waals surface area contributed by atoms with Crippen LogP contribution in [-0.4, -0.2) is 12.7 Å². The van der Waals surface area contributed by atoms with Crippen molar-refractivity contribution in [3.05, 3.63) is 32.2 Å². The summed E-state index contributed by atoms with van der Waals surface area (Å²) in [6.07, 6.45) is -4.31. The fourth-order valence-corrected chi connectivity index (χ4v) is 2.54. The van der Waals surface area contributed by atoms with E-state index < -0.39 is 12.2 Å². The number of hydrogen-bond donors (Lipinski definition) is 1. The average Bonchev–Trinajstić information content (AvgIpc) is 2.19. The summed E-state index contributed by atoms with van der Waals surface area (Å²) >= 11 is 6.43. The van der Waals surface area contributed by atoms with Gasteiger partial charge in [0.25, 0.3) is 0 Å². The third-order valence-electron chi connectivity index (χ3n) is 2.32. The smallest absolute Gasteiger partial charge is 0.303 e. The van der Waals surface area contributed by atoms with Crippen LogP contribution < -0.4 is 5.32 Å². The first kappa shape index (κ1) is 15.0. The summed E-state index contributed by atoms with van der Waals surface area (Å²) < 4.78 is 39.8. The highest BCUT2D eigenvalue weighted by atomic mass is 79.9. The molecule has 0 radical (unpaired) electrons. The predicted molar refractivity (Wildman–Crippen MR) is 69.1 cm³/mol. The quantitative estimate of drug-likeness (QED) is 0.806. The van der Waals surface area contributed by atoms with Crippen molar-refractivity contribution < 1.29 is 13.2 Å². The summed E-state index contributed by atoms with van der Waals surface area (Å²) in [5.74, 6) is 0. The lowest BCUT2D eigenvalue weighted by molar-refractivity contribution is -0.157. The molecule has 1 nitrogen and oxygen atoms in total. The molecule has 1 atom stereocenters. The molecule has 0 aromatic heterocycles. The van der Waals surface area contributed by atoms with Gasteiger partial charge in [-0.25, -0.2) is 0 Å². The highest BCUT2D eigenvalue weighted by Crippen LogP contribution is 2.38. The van der Waals surface area contributed by atoms with Crippen LogP contribution in [0.5, 0.6) is 0 Å². The maximum atomic E-state index is 12.9. The van der Waals surface area contributed by atoms with Crippen molar-refractivity contribution in [3.63, 3.8) is 0 Å². The van der Waals surface area contributed by atoms with E-state index in [1.807, 2.05) is 6.92 Å². The summed E-state index contributed by atoms with van der Waals surface area (Å²) in [7, 11) is 0. The van der Waals surface area contributed by atoms with Crippen LogP contribution in [0.2, 0.25) is 0 Å². The van der Waals surface area contributed by atoms with Gasteiger partial charge in [-0.2, -0.15) is 13.2 Å². The van der Waals surface area contributed by atoms with E-state index in [4.69, 9.17) is 0 Å². The Hall–Kier alpha value is -0.0700. The molecule has 17 heavy (non-hydrogen) atoms. The van der Waals surface area contributed by atoms with Crippen LogP contribution in [0.25, 0.3) is 0 Å². The van der Waals surface area contributed by atoms with Gasteiger partial charge >= 0.3 is 6.18 Å². The number of alkyl halides is 3. The van der Waals surface area contributed by atoms with E-state index in [-0.39, 0.29) is 12.1 Å². The molecule has 1 N–H and O–H groups in total. The van der Waals surface area contributed by atoms with Gasteiger partial charge in [0, 0.05) is 8.95 Å². The Kier molecular flexibility index (Phi) is 5.04. The fourth-order valence-electron chi connectivity index (χ4n) is 1.49. The minimum absolute atomic E-state index is 0.192. The summed E-state index contributed by atoms with van der Waals surface area (Å²) in [5, 5.41) is 2.45. The average molecular weight is 375 g/mol. The molecule has 0 amide bonds. The zero-order valence-corrected chi connectivity index (χ0v) is 12.5. The number of rotatable bonds is 3. The van der Waals surface area contributed by atoms with Crippen molar-refractivity contribution in [3.8, 4) is 0 Å². The zero-order valence-electron chi connectivity index (χ0n) is 9.33. The minimum atomic E-state index is -4.31. The largest absolute Gasteiger partial charge is 0.407 e. The SMILES string of the molecule is CCNC(c1cc(Br)c(C)cc1Br)C(F)(F)F. The van der Waals surface area contributed by atoms with Gasteiger partial charge in [-0.05, 0) is 36.7 Å². The van der Waals surface area contributed by atoms with Crippen LogP contribution >= 0.6 is 31.9 Å². The van der Waals surface area contributed by atoms with Crippen LogP contribution in [0.4, 0.5) is 13.2 Å². The van der Waals surface area contributed by atoms with Crippen LogP contribution in [0.3, 0.4) is 0 Å². The first-order valence-corrected chi connectivity index (χ1v) is 6.61. The molecule has 1 rings (SSSR count). The number of nitrogens with one attached hydrogen (secondary N) is 1. The Balaban J connectivity index is 3.23. The first-order valence-electron chi connectivity index (χ1n) is 5.03. The maximum absolute atomic E-state index is 12.9. The van der Waals surface area contributed by atoms with Crippen LogP contribution in [-0.2, 0) is 0 Å². The number of aryl methyl sites for hydroxylation is 1. The van der Waals surface area contributed by atoms with Gasteiger partial charge in [0.05, 0.1) is 0 Å². The van der Waals surface area contributed by atoms with E-state index in [0.29, 0.717) is 8.95 Å². The van der Waals surface area contributed by atoms with Gasteiger partial charge in [0.2, 0.25) is 0 Å². The van der Waals surface area contributed by atoms with Gasteiger partial charge in [-0.15, -0.1) is 0 Å². The van der Waals surface area contributed by atoms with E-state index in [1.54, 1.807) is 13.0 Å². The third-order valence-corrected chi connectivity index (χ3v) is 3.87. The summed E-state index contributed by atoms with van der Waals surface area (Å²) in [6.45, 7) is 3.73. The van der Waals surface area contributed by atoms with Crippen LogP contribution in [0, 0.1) is 6.92 Å². The predicted octanol–water partition coefficient (Wildman–Crippen LogP) is 4.73. The Morgan fingerprint density at radius 2 is 1.82 bits per heavy atom. The van der Waals surface area contributed by atoms with Crippen molar-refractivity contribution in [1.29, 1.82) is 0 Å². The normalized spacial score (nSPS) is 13.8. The molecule has 0 bridgehead atoms. The number of hydrogen-bond acceptors (Lipinski definition) is 1. The molecule has 1 aromatic carbocycles. The molecule has 0 aliphatic carbocycles. The van der Waals surface area contributed by atoms with Gasteiger partial charge in [0.15, 0.2) is 0 Å². The van der Waals surface area contributed by atoms with Crippen molar-refractivity contribution in [2.24, 2.45) is 0 Å². The van der Waals surface area contributed by atoms with Gasteiger partial charge in [-0.3, -0.25) is 0 Å². The molecular weight excluding hydrogens is 363 g/mol. The number of benzene rings is 1. The number of halogens is 5. The third kappa shape index (κ3) is 3.69. The zero-order chi connectivity index (χ0) is 13.2. The van der Waals surface area contributed by atoms with Gasteiger partial charge in [-0.1, -0.05) is 38.8 Å². The maximum Gasteiger partial charge on any atom is 0.407 e. The molecule has 1 aromatic rings. The Morgan fingerprint density at radius 3 is 2.29 bits per heavy atom. The summed E-state index contributed by atoms with van der Waals surface area (Å²) in [6, 6.07) is 1.52. The van der Waals surface area contributed by atoms with Crippen molar-refractivity contribution in [2.45, 2.75) is 26.1 Å². The lowest BCUT2D eigenvalue weighted by atomic mass is 10.0. The van der Waals surface area contributed by atoms with Gasteiger partial charge < -0.3 is 5.32 Å². The van der Waals surface area contributed by atoms with E-state index in [1.165, 1.54) is 6.07 Å². The van der Waals surface area contributed by atoms with E-state index in [0.717, 1.165) is 5.56 Å². The summed E-state index contributed by atoms with van der Waals surface area (Å²) in [4.78, 5) is 0. The standard InChI is InChI=1S/C11H12Br2F3N/c1-3-17-10(11(14,15)16)7-5-8(12)6(2)4-9(7)13/h4-5,10,17H,3H2,1-2H3. The van der Waals surface area contributed by atoms with Crippen LogP contribution in [0.15, 0.2) is 21.1 Å². The lowest BCUT2D eigenvalue weighted by Gasteiger charge is -2.23. The van der Waals surface area contributed by atoms with Crippen LogP contribution in [0.1, 0.15) is 24.1 Å². The monoisotopic (exact) mass is 373 g/mol. The first-order chi connectivity index (χ1) is 7.77. The Morgan fingerprint density at radius 1 is 1.24 bits per heavy atom. The second kappa shape index (κ2) is 5.71. The van der Waals surface area contributed by atoms with Crippen molar-refractivity contribution >= 4 is 31.9 Å². The molecule has 0 aliphatic heterocycles. The molecule has 0 heterocycles.